The van der Waals surface area contributed by atoms with Crippen LogP contribution in [0.5, 0.6) is 0 Å². The van der Waals surface area contributed by atoms with Gasteiger partial charge in [-0.3, -0.25) is 9.88 Å². The first kappa shape index (κ1) is 13.3. The van der Waals surface area contributed by atoms with Crippen molar-refractivity contribution in [1.82, 2.24) is 9.88 Å². The molecule has 96 valence electrons. The van der Waals surface area contributed by atoms with Crippen molar-refractivity contribution in [2.75, 3.05) is 13.1 Å². The van der Waals surface area contributed by atoms with Gasteiger partial charge < -0.3 is 5.73 Å². The molecule has 0 radical (unpaired) electrons. The minimum Gasteiger partial charge on any atom is -0.326 e. The van der Waals surface area contributed by atoms with Crippen molar-refractivity contribution in [3.63, 3.8) is 0 Å². The summed E-state index contributed by atoms with van der Waals surface area (Å²) in [6, 6.07) is 10.8. The van der Waals surface area contributed by atoms with Gasteiger partial charge in [0, 0.05) is 37.3 Å². The summed E-state index contributed by atoms with van der Waals surface area (Å²) in [5, 5.41) is 1.22. The molecule has 3 nitrogen and oxygen atoms in total. The number of hydrogen-bond donors (Lipinski definition) is 1. The van der Waals surface area contributed by atoms with E-state index in [0.29, 0.717) is 6.04 Å². The first-order valence-electron chi connectivity index (χ1n) is 6.13. The third-order valence-corrected chi connectivity index (χ3v) is 3.42. The molecule has 18 heavy (non-hydrogen) atoms. The average molecular weight is 264 g/mol. The van der Waals surface area contributed by atoms with Crippen LogP contribution in [0.2, 0.25) is 0 Å². The van der Waals surface area contributed by atoms with Crippen LogP contribution in [0.3, 0.4) is 0 Å². The molecule has 1 saturated heterocycles. The van der Waals surface area contributed by atoms with Crippen molar-refractivity contribution in [3.8, 4) is 0 Å². The number of para-hydroxylation sites is 1. The number of halogens is 1. The topological polar surface area (TPSA) is 42.1 Å². The maximum atomic E-state index is 5.93. The highest BCUT2D eigenvalue weighted by Gasteiger charge is 2.19. The molecule has 0 saturated carbocycles. The first-order valence-corrected chi connectivity index (χ1v) is 6.13. The molecular formula is C14H18ClN3. The lowest BCUT2D eigenvalue weighted by molar-refractivity contribution is 0.328. The van der Waals surface area contributed by atoms with Gasteiger partial charge in [-0.2, -0.15) is 0 Å². The number of benzene rings is 1. The second-order valence-corrected chi connectivity index (χ2v) is 4.78. The van der Waals surface area contributed by atoms with Crippen molar-refractivity contribution >= 4 is 23.3 Å². The number of aromatic nitrogens is 1. The fraction of sp³-hybridized carbons (Fsp3) is 0.357. The molecular weight excluding hydrogens is 246 g/mol. The summed E-state index contributed by atoms with van der Waals surface area (Å²) < 4.78 is 0. The Morgan fingerprint density at radius 3 is 2.89 bits per heavy atom. The van der Waals surface area contributed by atoms with Gasteiger partial charge in [0.25, 0.3) is 0 Å². The molecule has 3 rings (SSSR count). The van der Waals surface area contributed by atoms with E-state index < -0.39 is 0 Å². The van der Waals surface area contributed by atoms with Crippen molar-refractivity contribution < 1.29 is 0 Å². The Labute approximate surface area is 113 Å². The van der Waals surface area contributed by atoms with Gasteiger partial charge in [-0.25, -0.2) is 0 Å². The van der Waals surface area contributed by atoms with E-state index >= 15 is 0 Å². The van der Waals surface area contributed by atoms with Gasteiger partial charge in [0.1, 0.15) is 0 Å². The van der Waals surface area contributed by atoms with E-state index in [2.05, 4.69) is 34.1 Å². The number of rotatable bonds is 2. The zero-order valence-corrected chi connectivity index (χ0v) is 11.1. The van der Waals surface area contributed by atoms with Crippen LogP contribution in [-0.4, -0.2) is 29.0 Å². The van der Waals surface area contributed by atoms with Crippen LogP contribution in [0, 0.1) is 0 Å². The Morgan fingerprint density at radius 1 is 1.28 bits per heavy atom. The van der Waals surface area contributed by atoms with Crippen LogP contribution >= 0.6 is 12.4 Å². The zero-order chi connectivity index (χ0) is 11.7. The quantitative estimate of drug-likeness (QED) is 0.903. The van der Waals surface area contributed by atoms with E-state index in [-0.39, 0.29) is 12.4 Å². The molecule has 0 aliphatic carbocycles. The van der Waals surface area contributed by atoms with Gasteiger partial charge in [-0.05, 0) is 18.1 Å². The molecule has 0 spiro atoms. The van der Waals surface area contributed by atoms with Crippen LogP contribution in [0.4, 0.5) is 0 Å². The highest BCUT2D eigenvalue weighted by Crippen LogP contribution is 2.19. The maximum absolute atomic E-state index is 5.93. The third-order valence-electron chi connectivity index (χ3n) is 3.42. The highest BCUT2D eigenvalue weighted by atomic mass is 35.5. The molecule has 0 amide bonds. The summed E-state index contributed by atoms with van der Waals surface area (Å²) >= 11 is 0. The molecule has 1 aliphatic rings. The van der Waals surface area contributed by atoms with Crippen LogP contribution in [0.15, 0.2) is 36.5 Å². The number of fused-ring (bicyclic) bond motifs is 1. The van der Waals surface area contributed by atoms with Crippen LogP contribution in [0.25, 0.3) is 10.9 Å². The molecule has 2 heterocycles. The number of hydrogen-bond acceptors (Lipinski definition) is 3. The van der Waals surface area contributed by atoms with Gasteiger partial charge in [-0.15, -0.1) is 12.4 Å². The molecule has 1 atom stereocenters. The van der Waals surface area contributed by atoms with Crippen LogP contribution in [0.1, 0.15) is 12.0 Å². The summed E-state index contributed by atoms with van der Waals surface area (Å²) in [5.74, 6) is 0. The highest BCUT2D eigenvalue weighted by molar-refractivity contribution is 5.85. The zero-order valence-electron chi connectivity index (χ0n) is 10.2. The lowest BCUT2D eigenvalue weighted by Gasteiger charge is -2.16. The van der Waals surface area contributed by atoms with E-state index in [9.17, 15) is 0 Å². The van der Waals surface area contributed by atoms with E-state index in [0.717, 1.165) is 31.6 Å². The summed E-state index contributed by atoms with van der Waals surface area (Å²) in [7, 11) is 0. The fourth-order valence-corrected chi connectivity index (χ4v) is 2.54. The standard InChI is InChI=1S/C14H17N3.ClH/c15-13-6-8-17(10-13)9-12-4-1-3-11-5-2-7-16-14(11)12;/h1-5,7,13H,6,8-10,15H2;1H/t13-;/m0./s1. The molecule has 0 bridgehead atoms. The van der Waals surface area contributed by atoms with Gasteiger partial charge in [-0.1, -0.05) is 24.3 Å². The minimum absolute atomic E-state index is 0. The van der Waals surface area contributed by atoms with Crippen molar-refractivity contribution in [3.05, 3.63) is 42.1 Å². The molecule has 4 heteroatoms. The number of nitrogens with two attached hydrogens (primary N) is 1. The molecule has 1 aromatic heterocycles. The Bertz CT molecular complexity index is 524. The Balaban J connectivity index is 0.00000120. The summed E-state index contributed by atoms with van der Waals surface area (Å²) in [5.41, 5.74) is 8.36. The Kier molecular flexibility index (Phi) is 4.17. The lowest BCUT2D eigenvalue weighted by atomic mass is 10.1. The van der Waals surface area contributed by atoms with Crippen molar-refractivity contribution in [1.29, 1.82) is 0 Å². The number of nitrogens with zero attached hydrogens (tertiary/aromatic N) is 2. The van der Waals surface area contributed by atoms with Gasteiger partial charge in [0.05, 0.1) is 5.52 Å². The summed E-state index contributed by atoms with van der Waals surface area (Å²) in [6.07, 6.45) is 2.97. The number of pyridine rings is 1. The second-order valence-electron chi connectivity index (χ2n) is 4.78. The maximum Gasteiger partial charge on any atom is 0.0746 e. The monoisotopic (exact) mass is 263 g/mol. The number of likely N-dealkylation sites (tertiary alicyclic amines) is 1. The fourth-order valence-electron chi connectivity index (χ4n) is 2.54. The molecule has 2 N–H and O–H groups in total. The lowest BCUT2D eigenvalue weighted by Crippen LogP contribution is -2.26. The second kappa shape index (κ2) is 5.65. The molecule has 1 fully saturated rings. The van der Waals surface area contributed by atoms with Crippen LogP contribution in [-0.2, 0) is 6.54 Å². The largest absolute Gasteiger partial charge is 0.326 e. The van der Waals surface area contributed by atoms with E-state index in [1.165, 1.54) is 10.9 Å². The molecule has 1 aliphatic heterocycles. The summed E-state index contributed by atoms with van der Waals surface area (Å²) in [4.78, 5) is 6.90. The molecule has 0 unspecified atom stereocenters. The SMILES string of the molecule is Cl.N[C@H]1CCN(Cc2cccc3cccnc23)C1. The molecule has 2 aromatic rings. The first-order chi connectivity index (χ1) is 8.33. The van der Waals surface area contributed by atoms with E-state index in [4.69, 9.17) is 5.73 Å². The normalized spacial score (nSPS) is 19.9. The van der Waals surface area contributed by atoms with Gasteiger partial charge in [0.15, 0.2) is 0 Å². The smallest absolute Gasteiger partial charge is 0.0746 e. The van der Waals surface area contributed by atoms with Crippen molar-refractivity contribution in [2.24, 2.45) is 5.73 Å². The van der Waals surface area contributed by atoms with Crippen LogP contribution < -0.4 is 5.73 Å². The Morgan fingerprint density at radius 2 is 2.11 bits per heavy atom. The predicted octanol–water partition coefficient (Wildman–Crippen LogP) is 2.19. The van der Waals surface area contributed by atoms with E-state index in [1.807, 2.05) is 12.3 Å². The molecule has 1 aromatic carbocycles. The van der Waals surface area contributed by atoms with Gasteiger partial charge >= 0.3 is 0 Å². The summed E-state index contributed by atoms with van der Waals surface area (Å²) in [6.45, 7) is 3.07. The van der Waals surface area contributed by atoms with Gasteiger partial charge in [0.2, 0.25) is 0 Å². The Hall–Kier alpha value is -1.16. The predicted molar refractivity (Wildman–Crippen MR) is 76.9 cm³/mol. The van der Waals surface area contributed by atoms with E-state index in [1.54, 1.807) is 0 Å². The van der Waals surface area contributed by atoms with Crippen molar-refractivity contribution in [2.45, 2.75) is 19.0 Å². The average Bonchev–Trinajstić information content (AvgIpc) is 2.75. The minimum atomic E-state index is 0. The third kappa shape index (κ3) is 2.64.